The van der Waals surface area contributed by atoms with Gasteiger partial charge in [0.05, 0.1) is 5.39 Å². The van der Waals surface area contributed by atoms with Crippen molar-refractivity contribution in [3.63, 3.8) is 0 Å². The average molecular weight is 290 g/mol. The highest BCUT2D eigenvalue weighted by Gasteiger charge is 2.14. The zero-order valence-corrected chi connectivity index (χ0v) is 12.8. The van der Waals surface area contributed by atoms with Crippen molar-refractivity contribution in [2.24, 2.45) is 0 Å². The molecule has 2 aromatic rings. The Morgan fingerprint density at radius 2 is 2.00 bits per heavy atom. The SMILES string of the molecule is CCCN(CCC)C(=O)Cn1cnc2[nH]c(C)cc2c1=O. The van der Waals surface area contributed by atoms with Gasteiger partial charge >= 0.3 is 0 Å². The molecule has 21 heavy (non-hydrogen) atoms. The highest BCUT2D eigenvalue weighted by atomic mass is 16.2. The molecule has 0 spiro atoms. The van der Waals surface area contributed by atoms with Crippen molar-refractivity contribution in [3.05, 3.63) is 28.4 Å². The highest BCUT2D eigenvalue weighted by Crippen LogP contribution is 2.07. The van der Waals surface area contributed by atoms with E-state index < -0.39 is 0 Å². The van der Waals surface area contributed by atoms with Gasteiger partial charge in [0.1, 0.15) is 18.5 Å². The summed E-state index contributed by atoms with van der Waals surface area (Å²) < 4.78 is 1.39. The normalized spacial score (nSPS) is 11.0. The van der Waals surface area contributed by atoms with Gasteiger partial charge in [-0.2, -0.15) is 0 Å². The molecule has 0 fully saturated rings. The van der Waals surface area contributed by atoms with Gasteiger partial charge in [-0.3, -0.25) is 14.2 Å². The molecule has 0 unspecified atom stereocenters. The Kier molecular flexibility index (Phi) is 4.77. The van der Waals surface area contributed by atoms with E-state index in [4.69, 9.17) is 0 Å². The maximum Gasteiger partial charge on any atom is 0.263 e. The quantitative estimate of drug-likeness (QED) is 0.880. The monoisotopic (exact) mass is 290 g/mol. The third-order valence-electron chi connectivity index (χ3n) is 3.39. The zero-order valence-electron chi connectivity index (χ0n) is 12.8. The molecule has 114 valence electrons. The molecule has 2 rings (SSSR count). The molecule has 6 heteroatoms. The Bertz CT molecular complexity index is 681. The number of carbonyl (C=O) groups excluding carboxylic acids is 1. The van der Waals surface area contributed by atoms with Gasteiger partial charge < -0.3 is 9.88 Å². The first-order chi connectivity index (χ1) is 10.1. The predicted octanol–water partition coefficient (Wildman–Crippen LogP) is 1.68. The largest absolute Gasteiger partial charge is 0.343 e. The summed E-state index contributed by atoms with van der Waals surface area (Å²) >= 11 is 0. The van der Waals surface area contributed by atoms with Crippen molar-refractivity contribution in [2.75, 3.05) is 13.1 Å². The van der Waals surface area contributed by atoms with Crippen molar-refractivity contribution in [3.8, 4) is 0 Å². The van der Waals surface area contributed by atoms with Crippen molar-refractivity contribution < 1.29 is 4.79 Å². The van der Waals surface area contributed by atoms with Crippen LogP contribution in [-0.4, -0.2) is 38.4 Å². The van der Waals surface area contributed by atoms with Crippen LogP contribution in [0.5, 0.6) is 0 Å². The van der Waals surface area contributed by atoms with Crippen LogP contribution >= 0.6 is 0 Å². The molecular weight excluding hydrogens is 268 g/mol. The first-order valence-corrected chi connectivity index (χ1v) is 7.39. The number of hydrogen-bond donors (Lipinski definition) is 1. The van der Waals surface area contributed by atoms with Crippen LogP contribution in [0.25, 0.3) is 11.0 Å². The minimum absolute atomic E-state index is 0.0331. The number of fused-ring (bicyclic) bond motifs is 1. The molecule has 0 saturated carbocycles. The van der Waals surface area contributed by atoms with Crippen molar-refractivity contribution in [1.29, 1.82) is 0 Å². The number of carbonyl (C=O) groups is 1. The molecule has 0 aliphatic heterocycles. The lowest BCUT2D eigenvalue weighted by atomic mass is 10.3. The van der Waals surface area contributed by atoms with E-state index in [0.29, 0.717) is 11.0 Å². The Morgan fingerprint density at radius 1 is 1.33 bits per heavy atom. The fraction of sp³-hybridized carbons (Fsp3) is 0.533. The van der Waals surface area contributed by atoms with E-state index in [0.717, 1.165) is 31.6 Å². The topological polar surface area (TPSA) is 71.0 Å². The summed E-state index contributed by atoms with van der Waals surface area (Å²) in [6, 6.07) is 1.77. The van der Waals surface area contributed by atoms with Crippen LogP contribution in [0.2, 0.25) is 0 Å². The van der Waals surface area contributed by atoms with Crippen LogP contribution in [-0.2, 0) is 11.3 Å². The number of rotatable bonds is 6. The zero-order chi connectivity index (χ0) is 15.4. The fourth-order valence-electron chi connectivity index (χ4n) is 2.43. The molecule has 0 saturated heterocycles. The van der Waals surface area contributed by atoms with Gasteiger partial charge in [-0.1, -0.05) is 13.8 Å². The van der Waals surface area contributed by atoms with Gasteiger partial charge in [-0.05, 0) is 25.8 Å². The smallest absolute Gasteiger partial charge is 0.263 e. The molecule has 0 aliphatic carbocycles. The standard InChI is InChI=1S/C15H22N4O2/c1-4-6-18(7-5-2)13(20)9-19-10-16-14-12(15(19)21)8-11(3)17-14/h8,10,17H,4-7,9H2,1-3H3. The van der Waals surface area contributed by atoms with Gasteiger partial charge in [-0.15, -0.1) is 0 Å². The molecule has 2 aromatic heterocycles. The Hall–Kier alpha value is -2.11. The second-order valence-electron chi connectivity index (χ2n) is 5.27. The molecular formula is C15H22N4O2. The predicted molar refractivity (Wildman–Crippen MR) is 82.3 cm³/mol. The molecule has 0 atom stereocenters. The molecule has 6 nitrogen and oxygen atoms in total. The number of aromatic nitrogens is 3. The van der Waals surface area contributed by atoms with E-state index >= 15 is 0 Å². The highest BCUT2D eigenvalue weighted by molar-refractivity contribution is 5.78. The summed E-state index contributed by atoms with van der Waals surface area (Å²) in [5.41, 5.74) is 1.28. The van der Waals surface area contributed by atoms with Crippen molar-refractivity contribution >= 4 is 16.9 Å². The molecule has 1 N–H and O–H groups in total. The average Bonchev–Trinajstić information content (AvgIpc) is 2.83. The van der Waals surface area contributed by atoms with Crippen LogP contribution < -0.4 is 5.56 Å². The summed E-state index contributed by atoms with van der Waals surface area (Å²) in [5.74, 6) is -0.0331. The fourth-order valence-corrected chi connectivity index (χ4v) is 2.43. The molecule has 2 heterocycles. The van der Waals surface area contributed by atoms with Crippen LogP contribution in [0, 0.1) is 6.92 Å². The van der Waals surface area contributed by atoms with E-state index in [1.165, 1.54) is 10.9 Å². The Morgan fingerprint density at radius 3 is 2.62 bits per heavy atom. The Balaban J connectivity index is 2.24. The van der Waals surface area contributed by atoms with Gasteiger partial charge in [0.2, 0.25) is 5.91 Å². The summed E-state index contributed by atoms with van der Waals surface area (Å²) in [6.45, 7) is 7.45. The van der Waals surface area contributed by atoms with Gasteiger partial charge in [-0.25, -0.2) is 4.98 Å². The molecule has 0 aliphatic rings. The van der Waals surface area contributed by atoms with Crippen LogP contribution in [0.3, 0.4) is 0 Å². The van der Waals surface area contributed by atoms with Crippen molar-refractivity contribution in [1.82, 2.24) is 19.4 Å². The van der Waals surface area contributed by atoms with E-state index in [1.807, 2.05) is 20.8 Å². The van der Waals surface area contributed by atoms with E-state index in [1.54, 1.807) is 11.0 Å². The molecule has 0 radical (unpaired) electrons. The number of amides is 1. The van der Waals surface area contributed by atoms with Gasteiger partial charge in [0.15, 0.2) is 0 Å². The van der Waals surface area contributed by atoms with Crippen LogP contribution in [0.15, 0.2) is 17.2 Å². The van der Waals surface area contributed by atoms with E-state index in [-0.39, 0.29) is 18.0 Å². The second kappa shape index (κ2) is 6.56. The lowest BCUT2D eigenvalue weighted by Gasteiger charge is -2.21. The van der Waals surface area contributed by atoms with Crippen LogP contribution in [0.4, 0.5) is 0 Å². The molecule has 0 aromatic carbocycles. The first-order valence-electron chi connectivity index (χ1n) is 7.39. The number of nitrogens with zero attached hydrogens (tertiary/aromatic N) is 3. The number of hydrogen-bond acceptors (Lipinski definition) is 3. The number of nitrogens with one attached hydrogen (secondary N) is 1. The Labute approximate surface area is 123 Å². The lowest BCUT2D eigenvalue weighted by Crippen LogP contribution is -2.37. The maximum absolute atomic E-state index is 12.3. The first kappa shape index (κ1) is 15.3. The summed E-state index contributed by atoms with van der Waals surface area (Å²) in [5, 5.41) is 0.528. The third-order valence-corrected chi connectivity index (χ3v) is 3.39. The lowest BCUT2D eigenvalue weighted by molar-refractivity contribution is -0.132. The van der Waals surface area contributed by atoms with Crippen molar-refractivity contribution in [2.45, 2.75) is 40.2 Å². The van der Waals surface area contributed by atoms with Crippen LogP contribution in [0.1, 0.15) is 32.4 Å². The van der Waals surface area contributed by atoms with Gasteiger partial charge in [0.25, 0.3) is 5.56 Å². The minimum Gasteiger partial charge on any atom is -0.343 e. The van der Waals surface area contributed by atoms with E-state index in [9.17, 15) is 9.59 Å². The molecule has 0 bridgehead atoms. The third kappa shape index (κ3) is 3.32. The summed E-state index contributed by atoms with van der Waals surface area (Å²) in [4.78, 5) is 33.7. The van der Waals surface area contributed by atoms with Gasteiger partial charge in [0, 0.05) is 18.8 Å². The summed E-state index contributed by atoms with van der Waals surface area (Å²) in [6.07, 6.45) is 3.26. The number of aryl methyl sites for hydroxylation is 1. The summed E-state index contributed by atoms with van der Waals surface area (Å²) in [7, 11) is 0. The second-order valence-corrected chi connectivity index (χ2v) is 5.27. The minimum atomic E-state index is -0.175. The molecule has 1 amide bonds. The number of H-pyrrole nitrogens is 1. The maximum atomic E-state index is 12.3. The van der Waals surface area contributed by atoms with E-state index in [2.05, 4.69) is 9.97 Å². The number of aromatic amines is 1.